The molecular formula is C16H13N3O3. The lowest BCUT2D eigenvalue weighted by atomic mass is 10.0. The van der Waals surface area contributed by atoms with E-state index in [1.165, 1.54) is 7.11 Å². The van der Waals surface area contributed by atoms with Crippen LogP contribution in [0.4, 0.5) is 6.01 Å². The van der Waals surface area contributed by atoms with Crippen molar-refractivity contribution in [1.29, 1.82) is 0 Å². The lowest BCUT2D eigenvalue weighted by Crippen LogP contribution is -2.15. The second-order valence-electron chi connectivity index (χ2n) is 5.11. The van der Waals surface area contributed by atoms with Gasteiger partial charge in [-0.1, -0.05) is 12.1 Å². The van der Waals surface area contributed by atoms with E-state index in [9.17, 15) is 4.79 Å². The minimum atomic E-state index is -0.321. The molecule has 1 aromatic carbocycles. The number of oxazole rings is 1. The second-order valence-corrected chi connectivity index (χ2v) is 5.11. The molecular weight excluding hydrogens is 282 g/mol. The van der Waals surface area contributed by atoms with E-state index < -0.39 is 0 Å². The van der Waals surface area contributed by atoms with Crippen molar-refractivity contribution in [2.45, 2.75) is 13.1 Å². The van der Waals surface area contributed by atoms with Crippen LogP contribution in [0, 0.1) is 0 Å². The summed E-state index contributed by atoms with van der Waals surface area (Å²) in [5.41, 5.74) is 3.88. The quantitative estimate of drug-likeness (QED) is 0.677. The van der Waals surface area contributed by atoms with Gasteiger partial charge in [0.1, 0.15) is 0 Å². The van der Waals surface area contributed by atoms with Crippen LogP contribution in [0.3, 0.4) is 0 Å². The largest absolute Gasteiger partial charge is 0.465 e. The zero-order valence-electron chi connectivity index (χ0n) is 11.9. The minimum absolute atomic E-state index is 0.321. The first-order chi connectivity index (χ1) is 10.8. The van der Waals surface area contributed by atoms with Gasteiger partial charge in [-0.3, -0.25) is 0 Å². The van der Waals surface area contributed by atoms with Crippen LogP contribution in [0.15, 0.2) is 40.9 Å². The molecule has 6 heteroatoms. The molecule has 1 aliphatic heterocycles. The van der Waals surface area contributed by atoms with Crippen LogP contribution in [0.25, 0.3) is 11.2 Å². The molecule has 0 amide bonds. The maximum Gasteiger partial charge on any atom is 0.338 e. The molecule has 0 N–H and O–H groups in total. The first-order valence-corrected chi connectivity index (χ1v) is 6.92. The van der Waals surface area contributed by atoms with Crippen LogP contribution in [0.2, 0.25) is 0 Å². The van der Waals surface area contributed by atoms with Gasteiger partial charge < -0.3 is 14.1 Å². The standard InChI is InChI=1S/C16H13N3O3/c1-21-15(20)11-5-2-4-10-8-19(9-12(10)11)16-18-14-13(22-16)6-3-7-17-14/h2-7H,8-9H2,1H3. The van der Waals surface area contributed by atoms with Crippen LogP contribution in [0.5, 0.6) is 0 Å². The highest BCUT2D eigenvalue weighted by molar-refractivity contribution is 5.91. The van der Waals surface area contributed by atoms with E-state index >= 15 is 0 Å². The number of esters is 1. The number of methoxy groups -OCH3 is 1. The topological polar surface area (TPSA) is 68.5 Å². The minimum Gasteiger partial charge on any atom is -0.465 e. The Bertz CT molecular complexity index is 839. The van der Waals surface area contributed by atoms with Crippen molar-refractivity contribution in [2.24, 2.45) is 0 Å². The third-order valence-corrected chi connectivity index (χ3v) is 3.81. The Kier molecular flexibility index (Phi) is 2.82. The fourth-order valence-electron chi connectivity index (χ4n) is 2.75. The number of nitrogens with zero attached hydrogens (tertiary/aromatic N) is 3. The first-order valence-electron chi connectivity index (χ1n) is 6.92. The number of pyridine rings is 1. The molecule has 0 fully saturated rings. The van der Waals surface area contributed by atoms with Gasteiger partial charge in [-0.15, -0.1) is 0 Å². The van der Waals surface area contributed by atoms with Gasteiger partial charge in [-0.25, -0.2) is 9.78 Å². The van der Waals surface area contributed by atoms with E-state index in [1.54, 1.807) is 12.3 Å². The molecule has 2 aromatic heterocycles. The average Bonchev–Trinajstić information content (AvgIpc) is 3.16. The predicted molar refractivity (Wildman–Crippen MR) is 79.5 cm³/mol. The van der Waals surface area contributed by atoms with Gasteiger partial charge in [-0.05, 0) is 29.3 Å². The number of benzene rings is 1. The number of hydrogen-bond donors (Lipinski definition) is 0. The summed E-state index contributed by atoms with van der Waals surface area (Å²) in [6, 6.07) is 9.81. The molecule has 4 rings (SSSR count). The van der Waals surface area contributed by atoms with Crippen molar-refractivity contribution >= 4 is 23.2 Å². The van der Waals surface area contributed by atoms with E-state index in [-0.39, 0.29) is 5.97 Å². The average molecular weight is 295 g/mol. The van der Waals surface area contributed by atoms with E-state index in [1.807, 2.05) is 29.2 Å². The van der Waals surface area contributed by atoms with E-state index in [0.29, 0.717) is 35.9 Å². The molecule has 0 bridgehead atoms. The molecule has 0 saturated heterocycles. The summed E-state index contributed by atoms with van der Waals surface area (Å²) in [6.07, 6.45) is 1.68. The highest BCUT2D eigenvalue weighted by Crippen LogP contribution is 2.31. The van der Waals surface area contributed by atoms with E-state index in [0.717, 1.165) is 11.1 Å². The molecule has 0 spiro atoms. The van der Waals surface area contributed by atoms with Crippen LogP contribution in [0.1, 0.15) is 21.5 Å². The lowest BCUT2D eigenvalue weighted by Gasteiger charge is -2.11. The molecule has 1 aliphatic rings. The highest BCUT2D eigenvalue weighted by atomic mass is 16.5. The van der Waals surface area contributed by atoms with Crippen LogP contribution >= 0.6 is 0 Å². The molecule has 0 atom stereocenters. The summed E-state index contributed by atoms with van der Waals surface area (Å²) < 4.78 is 10.6. The van der Waals surface area contributed by atoms with Crippen molar-refractivity contribution in [2.75, 3.05) is 12.0 Å². The Hall–Kier alpha value is -2.89. The molecule has 0 unspecified atom stereocenters. The normalized spacial score (nSPS) is 13.4. The maximum atomic E-state index is 11.9. The van der Waals surface area contributed by atoms with Crippen molar-refractivity contribution in [3.8, 4) is 0 Å². The Morgan fingerprint density at radius 3 is 3.00 bits per heavy atom. The van der Waals surface area contributed by atoms with E-state index in [4.69, 9.17) is 9.15 Å². The number of anilines is 1. The smallest absolute Gasteiger partial charge is 0.338 e. The molecule has 110 valence electrons. The summed E-state index contributed by atoms with van der Waals surface area (Å²) in [5, 5.41) is 0. The van der Waals surface area contributed by atoms with Gasteiger partial charge in [0.05, 0.1) is 12.7 Å². The van der Waals surface area contributed by atoms with E-state index in [2.05, 4.69) is 9.97 Å². The Morgan fingerprint density at radius 2 is 2.18 bits per heavy atom. The Labute approximate surface area is 126 Å². The van der Waals surface area contributed by atoms with Crippen LogP contribution in [-0.4, -0.2) is 23.0 Å². The number of rotatable bonds is 2. The summed E-state index contributed by atoms with van der Waals surface area (Å²) in [7, 11) is 1.39. The second kappa shape index (κ2) is 4.84. The molecule has 6 nitrogen and oxygen atoms in total. The zero-order valence-corrected chi connectivity index (χ0v) is 11.9. The SMILES string of the molecule is COC(=O)c1cccc2c1CN(c1nc3ncccc3o1)C2. The highest BCUT2D eigenvalue weighted by Gasteiger charge is 2.27. The summed E-state index contributed by atoms with van der Waals surface area (Å²) >= 11 is 0. The molecule has 0 aliphatic carbocycles. The van der Waals surface area contributed by atoms with Crippen molar-refractivity contribution in [3.05, 3.63) is 53.2 Å². The van der Waals surface area contributed by atoms with Gasteiger partial charge in [0.15, 0.2) is 5.58 Å². The van der Waals surface area contributed by atoms with Crippen molar-refractivity contribution < 1.29 is 13.9 Å². The first kappa shape index (κ1) is 12.8. The fourth-order valence-corrected chi connectivity index (χ4v) is 2.75. The van der Waals surface area contributed by atoms with Gasteiger partial charge in [0, 0.05) is 19.3 Å². The number of hydrogen-bond acceptors (Lipinski definition) is 6. The van der Waals surface area contributed by atoms with Crippen molar-refractivity contribution in [3.63, 3.8) is 0 Å². The number of aromatic nitrogens is 2. The third-order valence-electron chi connectivity index (χ3n) is 3.81. The summed E-state index contributed by atoms with van der Waals surface area (Å²) in [5.74, 6) is -0.321. The molecule has 3 heterocycles. The summed E-state index contributed by atoms with van der Waals surface area (Å²) in [6.45, 7) is 1.21. The lowest BCUT2D eigenvalue weighted by molar-refractivity contribution is 0.0599. The van der Waals surface area contributed by atoms with Gasteiger partial charge in [-0.2, -0.15) is 4.98 Å². The molecule has 0 radical (unpaired) electrons. The number of ether oxygens (including phenoxy) is 1. The van der Waals surface area contributed by atoms with Crippen LogP contribution in [-0.2, 0) is 17.8 Å². The van der Waals surface area contributed by atoms with Gasteiger partial charge in [0.2, 0.25) is 5.65 Å². The zero-order chi connectivity index (χ0) is 15.1. The van der Waals surface area contributed by atoms with Crippen LogP contribution < -0.4 is 4.90 Å². The van der Waals surface area contributed by atoms with Crippen molar-refractivity contribution in [1.82, 2.24) is 9.97 Å². The Balaban J connectivity index is 1.71. The van der Waals surface area contributed by atoms with Gasteiger partial charge >= 0.3 is 12.0 Å². The van der Waals surface area contributed by atoms with Gasteiger partial charge in [0.25, 0.3) is 0 Å². The molecule has 3 aromatic rings. The predicted octanol–water partition coefficient (Wildman–Crippen LogP) is 2.53. The number of fused-ring (bicyclic) bond motifs is 2. The summed E-state index contributed by atoms with van der Waals surface area (Å²) in [4.78, 5) is 22.4. The Morgan fingerprint density at radius 1 is 1.27 bits per heavy atom. The maximum absolute atomic E-state index is 11.9. The molecule has 22 heavy (non-hydrogen) atoms. The fraction of sp³-hybridized carbons (Fsp3) is 0.188. The third kappa shape index (κ3) is 1.92. The number of carbonyl (C=O) groups excluding carboxylic acids is 1. The molecule has 0 saturated carbocycles. The number of carbonyl (C=O) groups is 1. The monoisotopic (exact) mass is 295 g/mol.